The number of aliphatic carboxylic acids is 1. The summed E-state index contributed by atoms with van der Waals surface area (Å²) in [6.07, 6.45) is 0.442. The largest absolute Gasteiger partial charge is 0.480 e. The molecule has 7 nitrogen and oxygen atoms in total. The van der Waals surface area contributed by atoms with E-state index in [-0.39, 0.29) is 32.0 Å². The SMILES string of the molecule is CC(C)C[C@H](NP(=O)(O)OCCCO)C(=O)O. The second-order valence-corrected chi connectivity index (χ2v) is 5.64. The minimum atomic E-state index is -4.13. The molecule has 0 saturated heterocycles. The monoisotopic (exact) mass is 269 g/mol. The summed E-state index contributed by atoms with van der Waals surface area (Å²) in [5.74, 6) is -1.13. The van der Waals surface area contributed by atoms with Crippen LogP contribution in [0.15, 0.2) is 0 Å². The Morgan fingerprint density at radius 1 is 1.47 bits per heavy atom. The molecule has 0 amide bonds. The van der Waals surface area contributed by atoms with Crippen LogP contribution in [0.4, 0.5) is 0 Å². The lowest BCUT2D eigenvalue weighted by atomic mass is 10.1. The Labute approximate surface area is 100 Å². The third-order valence-corrected chi connectivity index (χ3v) is 3.06. The maximum Gasteiger partial charge on any atom is 0.403 e. The standard InChI is InChI=1S/C9H20NO6P/c1-7(2)6-8(9(12)13)10-17(14,15)16-5-3-4-11/h7-8,11H,3-6H2,1-2H3,(H,12,13)(H2,10,14,15)/t8-/m0/s1. The lowest BCUT2D eigenvalue weighted by Crippen LogP contribution is -2.36. The molecular weight excluding hydrogens is 249 g/mol. The van der Waals surface area contributed by atoms with Crippen LogP contribution in [0.3, 0.4) is 0 Å². The van der Waals surface area contributed by atoms with E-state index in [2.05, 4.69) is 9.61 Å². The van der Waals surface area contributed by atoms with Crippen molar-refractivity contribution in [3.8, 4) is 0 Å². The summed E-state index contributed by atoms with van der Waals surface area (Å²) >= 11 is 0. The molecule has 0 aromatic heterocycles. The van der Waals surface area contributed by atoms with Crippen LogP contribution in [-0.4, -0.2) is 40.3 Å². The number of carboxylic acid groups (broad SMARTS) is 1. The number of carboxylic acids is 1. The predicted octanol–water partition coefficient (Wildman–Crippen LogP) is 0.575. The van der Waals surface area contributed by atoms with Crippen molar-refractivity contribution in [2.75, 3.05) is 13.2 Å². The number of hydrogen-bond donors (Lipinski definition) is 4. The lowest BCUT2D eigenvalue weighted by molar-refractivity contribution is -0.139. The van der Waals surface area contributed by atoms with Gasteiger partial charge >= 0.3 is 13.7 Å². The molecule has 0 fully saturated rings. The predicted molar refractivity (Wildman–Crippen MR) is 61.5 cm³/mol. The first-order valence-electron chi connectivity index (χ1n) is 5.37. The molecule has 0 aliphatic carbocycles. The molecule has 0 radical (unpaired) electrons. The molecule has 0 aliphatic rings. The van der Waals surface area contributed by atoms with Gasteiger partial charge in [0.25, 0.3) is 0 Å². The van der Waals surface area contributed by atoms with Gasteiger partial charge in [0.05, 0.1) is 6.61 Å². The van der Waals surface area contributed by atoms with Gasteiger partial charge in [0.1, 0.15) is 6.04 Å². The van der Waals surface area contributed by atoms with Gasteiger partial charge in [-0.05, 0) is 18.8 Å². The van der Waals surface area contributed by atoms with Crippen LogP contribution in [0.1, 0.15) is 26.7 Å². The van der Waals surface area contributed by atoms with E-state index in [1.54, 1.807) is 0 Å². The average Bonchev–Trinajstić information content (AvgIpc) is 2.15. The highest BCUT2D eigenvalue weighted by Gasteiger charge is 2.29. The summed E-state index contributed by atoms with van der Waals surface area (Å²) in [5.41, 5.74) is 0. The minimum Gasteiger partial charge on any atom is -0.480 e. The van der Waals surface area contributed by atoms with Crippen molar-refractivity contribution in [1.82, 2.24) is 5.09 Å². The molecule has 0 heterocycles. The molecule has 17 heavy (non-hydrogen) atoms. The van der Waals surface area contributed by atoms with E-state index in [0.29, 0.717) is 0 Å². The second-order valence-electron chi connectivity index (χ2n) is 4.08. The molecule has 0 aromatic rings. The van der Waals surface area contributed by atoms with Gasteiger partial charge in [0.15, 0.2) is 0 Å². The van der Waals surface area contributed by atoms with Gasteiger partial charge in [-0.2, -0.15) is 0 Å². The molecule has 0 bridgehead atoms. The van der Waals surface area contributed by atoms with Crippen LogP contribution in [0.2, 0.25) is 0 Å². The normalized spacial score (nSPS) is 16.8. The highest BCUT2D eigenvalue weighted by molar-refractivity contribution is 7.50. The Kier molecular flexibility index (Phi) is 7.58. The van der Waals surface area contributed by atoms with Gasteiger partial charge in [-0.1, -0.05) is 13.8 Å². The number of aliphatic hydroxyl groups excluding tert-OH is 1. The second kappa shape index (κ2) is 7.79. The fourth-order valence-corrected chi connectivity index (χ4v) is 2.23. The van der Waals surface area contributed by atoms with Gasteiger partial charge < -0.3 is 15.1 Å². The van der Waals surface area contributed by atoms with Crippen LogP contribution in [0.5, 0.6) is 0 Å². The Morgan fingerprint density at radius 3 is 2.47 bits per heavy atom. The maximum absolute atomic E-state index is 11.5. The van der Waals surface area contributed by atoms with Crippen LogP contribution in [0, 0.1) is 5.92 Å². The van der Waals surface area contributed by atoms with Crippen LogP contribution >= 0.6 is 7.75 Å². The van der Waals surface area contributed by atoms with Crippen molar-refractivity contribution >= 4 is 13.7 Å². The highest BCUT2D eigenvalue weighted by Crippen LogP contribution is 2.38. The first kappa shape index (κ1) is 16.5. The lowest BCUT2D eigenvalue weighted by Gasteiger charge is -2.20. The summed E-state index contributed by atoms with van der Waals surface area (Å²) in [7, 11) is -4.13. The Balaban J connectivity index is 4.31. The van der Waals surface area contributed by atoms with E-state index >= 15 is 0 Å². The first-order chi connectivity index (χ1) is 7.78. The van der Waals surface area contributed by atoms with E-state index < -0.39 is 19.8 Å². The molecule has 0 aliphatic heterocycles. The van der Waals surface area contributed by atoms with Crippen molar-refractivity contribution in [1.29, 1.82) is 0 Å². The average molecular weight is 269 g/mol. The summed E-state index contributed by atoms with van der Waals surface area (Å²) in [6, 6.07) is -1.13. The van der Waals surface area contributed by atoms with Crippen LogP contribution in [0.25, 0.3) is 0 Å². The maximum atomic E-state index is 11.5. The van der Waals surface area contributed by atoms with E-state index in [0.717, 1.165) is 0 Å². The summed E-state index contributed by atoms with van der Waals surface area (Å²) in [4.78, 5) is 20.2. The quantitative estimate of drug-likeness (QED) is 0.357. The van der Waals surface area contributed by atoms with E-state index in [1.807, 2.05) is 13.8 Å². The fourth-order valence-electron chi connectivity index (χ4n) is 1.17. The number of carbonyl (C=O) groups is 1. The Bertz CT molecular complexity index is 283. The van der Waals surface area contributed by atoms with Gasteiger partial charge in [-0.15, -0.1) is 0 Å². The highest BCUT2D eigenvalue weighted by atomic mass is 31.2. The molecule has 2 atom stereocenters. The molecule has 0 aromatic carbocycles. The molecule has 0 rings (SSSR count). The van der Waals surface area contributed by atoms with E-state index in [9.17, 15) is 14.3 Å². The third-order valence-electron chi connectivity index (χ3n) is 1.89. The third kappa shape index (κ3) is 8.29. The Hall–Kier alpha value is -0.460. The number of aliphatic hydroxyl groups is 1. The molecule has 1 unspecified atom stereocenters. The zero-order chi connectivity index (χ0) is 13.5. The van der Waals surface area contributed by atoms with Crippen molar-refractivity contribution in [3.05, 3.63) is 0 Å². The topological polar surface area (TPSA) is 116 Å². The van der Waals surface area contributed by atoms with Gasteiger partial charge in [-0.25, -0.2) is 9.65 Å². The van der Waals surface area contributed by atoms with E-state index in [4.69, 9.17) is 10.2 Å². The van der Waals surface area contributed by atoms with Crippen LogP contribution in [-0.2, 0) is 13.9 Å². The van der Waals surface area contributed by atoms with E-state index in [1.165, 1.54) is 0 Å². The van der Waals surface area contributed by atoms with Gasteiger partial charge in [-0.3, -0.25) is 9.32 Å². The molecule has 8 heteroatoms. The summed E-state index contributed by atoms with van der Waals surface area (Å²) in [5, 5.41) is 19.4. The van der Waals surface area contributed by atoms with Gasteiger partial charge in [0.2, 0.25) is 0 Å². The molecule has 102 valence electrons. The Morgan fingerprint density at radius 2 is 2.06 bits per heavy atom. The fraction of sp³-hybridized carbons (Fsp3) is 0.889. The number of hydrogen-bond acceptors (Lipinski definition) is 4. The minimum absolute atomic E-state index is 0.0704. The number of nitrogens with one attached hydrogen (secondary N) is 1. The molecule has 0 saturated carbocycles. The smallest absolute Gasteiger partial charge is 0.403 e. The van der Waals surface area contributed by atoms with Crippen molar-refractivity contribution in [2.45, 2.75) is 32.7 Å². The molecular formula is C9H20NO6P. The van der Waals surface area contributed by atoms with Gasteiger partial charge in [0, 0.05) is 6.61 Å². The van der Waals surface area contributed by atoms with Crippen molar-refractivity contribution in [2.24, 2.45) is 5.92 Å². The zero-order valence-corrected chi connectivity index (χ0v) is 10.9. The van der Waals surface area contributed by atoms with Crippen molar-refractivity contribution in [3.63, 3.8) is 0 Å². The molecule has 0 spiro atoms. The zero-order valence-electron chi connectivity index (χ0n) is 10.00. The molecule has 4 N–H and O–H groups in total. The first-order valence-corrected chi connectivity index (χ1v) is 6.95. The summed E-state index contributed by atoms with van der Waals surface area (Å²) < 4.78 is 16.1. The van der Waals surface area contributed by atoms with Crippen molar-refractivity contribution < 1.29 is 29.0 Å². The van der Waals surface area contributed by atoms with Crippen LogP contribution < -0.4 is 5.09 Å². The summed E-state index contributed by atoms with van der Waals surface area (Å²) in [6.45, 7) is 3.36. The number of rotatable bonds is 9.